The zero-order chi connectivity index (χ0) is 13.7. The SMILES string of the molecule is COc1ccccc1[C@H](C)NCC1CCCC(C)C1. The Morgan fingerprint density at radius 2 is 2.11 bits per heavy atom. The van der Waals surface area contributed by atoms with E-state index in [1.165, 1.54) is 31.2 Å². The fraction of sp³-hybridized carbons (Fsp3) is 0.647. The average Bonchev–Trinajstić information content (AvgIpc) is 2.45. The summed E-state index contributed by atoms with van der Waals surface area (Å²) in [6.45, 7) is 5.74. The zero-order valence-electron chi connectivity index (χ0n) is 12.5. The van der Waals surface area contributed by atoms with E-state index in [0.717, 1.165) is 24.1 Å². The van der Waals surface area contributed by atoms with Gasteiger partial charge in [-0.25, -0.2) is 0 Å². The van der Waals surface area contributed by atoms with E-state index in [1.54, 1.807) is 7.11 Å². The summed E-state index contributed by atoms with van der Waals surface area (Å²) in [5, 5.41) is 3.68. The second-order valence-corrected chi connectivity index (χ2v) is 6.01. The van der Waals surface area contributed by atoms with Crippen LogP contribution in [0, 0.1) is 11.8 Å². The van der Waals surface area contributed by atoms with Crippen LogP contribution in [0.5, 0.6) is 5.75 Å². The number of nitrogens with one attached hydrogen (secondary N) is 1. The molecule has 0 bridgehead atoms. The summed E-state index contributed by atoms with van der Waals surface area (Å²) in [5.41, 5.74) is 1.26. The van der Waals surface area contributed by atoms with Crippen molar-refractivity contribution in [1.29, 1.82) is 0 Å². The quantitative estimate of drug-likeness (QED) is 0.859. The highest BCUT2D eigenvalue weighted by Crippen LogP contribution is 2.29. The molecule has 0 saturated heterocycles. The number of methoxy groups -OCH3 is 1. The lowest BCUT2D eigenvalue weighted by Crippen LogP contribution is -2.28. The molecule has 0 aromatic heterocycles. The molecule has 2 heteroatoms. The second kappa shape index (κ2) is 6.95. The first-order valence-electron chi connectivity index (χ1n) is 7.57. The molecular weight excluding hydrogens is 234 g/mol. The fourth-order valence-corrected chi connectivity index (χ4v) is 3.22. The van der Waals surface area contributed by atoms with Gasteiger partial charge in [0.15, 0.2) is 0 Å². The second-order valence-electron chi connectivity index (χ2n) is 6.01. The number of rotatable bonds is 5. The zero-order valence-corrected chi connectivity index (χ0v) is 12.5. The van der Waals surface area contributed by atoms with Gasteiger partial charge in [0.2, 0.25) is 0 Å². The van der Waals surface area contributed by atoms with E-state index in [0.29, 0.717) is 6.04 Å². The van der Waals surface area contributed by atoms with Crippen LogP contribution < -0.4 is 10.1 Å². The first kappa shape index (κ1) is 14.4. The molecule has 19 heavy (non-hydrogen) atoms. The van der Waals surface area contributed by atoms with Gasteiger partial charge in [0.05, 0.1) is 7.11 Å². The Kier molecular flexibility index (Phi) is 5.26. The smallest absolute Gasteiger partial charge is 0.123 e. The van der Waals surface area contributed by atoms with Crippen LogP contribution in [0.4, 0.5) is 0 Å². The molecule has 106 valence electrons. The van der Waals surface area contributed by atoms with E-state index in [2.05, 4.69) is 31.3 Å². The Morgan fingerprint density at radius 3 is 2.84 bits per heavy atom. The van der Waals surface area contributed by atoms with Crippen LogP contribution in [0.15, 0.2) is 24.3 Å². The molecular formula is C17H27NO. The minimum absolute atomic E-state index is 0.355. The fourth-order valence-electron chi connectivity index (χ4n) is 3.22. The standard InChI is InChI=1S/C17H27NO/c1-13-7-6-8-15(11-13)12-18-14(2)16-9-4-5-10-17(16)19-3/h4-5,9-10,13-15,18H,6-8,11-12H2,1-3H3/t13?,14-,15?/m0/s1. The summed E-state index contributed by atoms with van der Waals surface area (Å²) >= 11 is 0. The maximum atomic E-state index is 5.44. The highest BCUT2D eigenvalue weighted by Gasteiger charge is 2.19. The van der Waals surface area contributed by atoms with Crippen LogP contribution in [0.3, 0.4) is 0 Å². The number of para-hydroxylation sites is 1. The summed E-state index contributed by atoms with van der Waals surface area (Å²) in [4.78, 5) is 0. The molecule has 0 spiro atoms. The third-order valence-electron chi connectivity index (χ3n) is 4.36. The van der Waals surface area contributed by atoms with Gasteiger partial charge in [-0.05, 0) is 44.2 Å². The molecule has 2 unspecified atom stereocenters. The van der Waals surface area contributed by atoms with Crippen molar-refractivity contribution in [3.63, 3.8) is 0 Å². The van der Waals surface area contributed by atoms with Crippen LogP contribution in [0.2, 0.25) is 0 Å². The van der Waals surface area contributed by atoms with E-state index in [1.807, 2.05) is 12.1 Å². The van der Waals surface area contributed by atoms with E-state index >= 15 is 0 Å². The third kappa shape index (κ3) is 3.97. The average molecular weight is 261 g/mol. The van der Waals surface area contributed by atoms with Gasteiger partial charge in [-0.2, -0.15) is 0 Å². The molecule has 0 radical (unpaired) electrons. The molecule has 1 fully saturated rings. The van der Waals surface area contributed by atoms with Crippen molar-refractivity contribution >= 4 is 0 Å². The Hall–Kier alpha value is -1.02. The largest absolute Gasteiger partial charge is 0.496 e. The molecule has 1 aliphatic rings. The highest BCUT2D eigenvalue weighted by atomic mass is 16.5. The van der Waals surface area contributed by atoms with Crippen molar-refractivity contribution in [2.24, 2.45) is 11.8 Å². The molecule has 0 heterocycles. The van der Waals surface area contributed by atoms with Crippen molar-refractivity contribution in [3.05, 3.63) is 29.8 Å². The molecule has 2 nitrogen and oxygen atoms in total. The molecule has 2 rings (SSSR count). The first-order chi connectivity index (χ1) is 9.20. The summed E-state index contributed by atoms with van der Waals surface area (Å²) in [6.07, 6.45) is 5.58. The molecule has 3 atom stereocenters. The van der Waals surface area contributed by atoms with Crippen molar-refractivity contribution in [1.82, 2.24) is 5.32 Å². The number of hydrogen-bond acceptors (Lipinski definition) is 2. The first-order valence-corrected chi connectivity index (χ1v) is 7.57. The summed E-state index contributed by atoms with van der Waals surface area (Å²) in [7, 11) is 1.74. The summed E-state index contributed by atoms with van der Waals surface area (Å²) in [6, 6.07) is 8.65. The van der Waals surface area contributed by atoms with Crippen molar-refractivity contribution in [2.45, 2.75) is 45.6 Å². The Bertz CT molecular complexity index is 391. The molecule has 1 N–H and O–H groups in total. The van der Waals surface area contributed by atoms with Crippen molar-refractivity contribution in [3.8, 4) is 5.75 Å². The highest BCUT2D eigenvalue weighted by molar-refractivity contribution is 5.35. The maximum absolute atomic E-state index is 5.44. The minimum Gasteiger partial charge on any atom is -0.496 e. The van der Waals surface area contributed by atoms with Gasteiger partial charge in [-0.3, -0.25) is 0 Å². The van der Waals surface area contributed by atoms with Gasteiger partial charge in [-0.1, -0.05) is 38.0 Å². The molecule has 0 amide bonds. The number of benzene rings is 1. The molecule has 1 aromatic rings. The van der Waals surface area contributed by atoms with Crippen molar-refractivity contribution < 1.29 is 4.74 Å². The van der Waals surface area contributed by atoms with Crippen LogP contribution in [0.1, 0.15) is 51.1 Å². The summed E-state index contributed by atoms with van der Waals surface area (Å²) < 4.78 is 5.44. The lowest BCUT2D eigenvalue weighted by molar-refractivity contribution is 0.268. The van der Waals surface area contributed by atoms with Crippen LogP contribution in [0.25, 0.3) is 0 Å². The van der Waals surface area contributed by atoms with Crippen molar-refractivity contribution in [2.75, 3.05) is 13.7 Å². The normalized spacial score (nSPS) is 25.0. The molecule has 1 saturated carbocycles. The predicted octanol–water partition coefficient (Wildman–Crippen LogP) is 4.17. The topological polar surface area (TPSA) is 21.3 Å². The van der Waals surface area contributed by atoms with E-state index in [-0.39, 0.29) is 0 Å². The van der Waals surface area contributed by atoms with Gasteiger partial charge < -0.3 is 10.1 Å². The van der Waals surface area contributed by atoms with Gasteiger partial charge in [0.25, 0.3) is 0 Å². The number of ether oxygens (including phenoxy) is 1. The molecule has 1 aromatic carbocycles. The van der Waals surface area contributed by atoms with E-state index < -0.39 is 0 Å². The predicted molar refractivity (Wildman–Crippen MR) is 80.5 cm³/mol. The minimum atomic E-state index is 0.355. The maximum Gasteiger partial charge on any atom is 0.123 e. The molecule has 1 aliphatic carbocycles. The third-order valence-corrected chi connectivity index (χ3v) is 4.36. The van der Waals surface area contributed by atoms with Crippen LogP contribution in [-0.4, -0.2) is 13.7 Å². The summed E-state index contributed by atoms with van der Waals surface area (Å²) in [5.74, 6) is 2.74. The molecule has 0 aliphatic heterocycles. The monoisotopic (exact) mass is 261 g/mol. The van der Waals surface area contributed by atoms with Gasteiger partial charge >= 0.3 is 0 Å². The lowest BCUT2D eigenvalue weighted by Gasteiger charge is -2.28. The lowest BCUT2D eigenvalue weighted by atomic mass is 9.82. The van der Waals surface area contributed by atoms with Crippen LogP contribution in [-0.2, 0) is 0 Å². The van der Waals surface area contributed by atoms with Crippen LogP contribution >= 0.6 is 0 Å². The Balaban J connectivity index is 1.88. The van der Waals surface area contributed by atoms with Gasteiger partial charge in [-0.15, -0.1) is 0 Å². The number of hydrogen-bond donors (Lipinski definition) is 1. The van der Waals surface area contributed by atoms with E-state index in [9.17, 15) is 0 Å². The Morgan fingerprint density at radius 1 is 1.32 bits per heavy atom. The van der Waals surface area contributed by atoms with Gasteiger partial charge in [0.1, 0.15) is 5.75 Å². The Labute approximate surface area is 117 Å². The van der Waals surface area contributed by atoms with E-state index in [4.69, 9.17) is 4.74 Å². The van der Waals surface area contributed by atoms with Gasteiger partial charge in [0, 0.05) is 11.6 Å².